The highest BCUT2D eigenvalue weighted by Crippen LogP contribution is 2.33. The van der Waals surface area contributed by atoms with Crippen LogP contribution in [0.1, 0.15) is 35.6 Å². The van der Waals surface area contributed by atoms with Crippen LogP contribution in [0.25, 0.3) is 0 Å². The maximum atomic E-state index is 6.18. The van der Waals surface area contributed by atoms with Gasteiger partial charge in [0.15, 0.2) is 5.96 Å². The Kier molecular flexibility index (Phi) is 8.02. The van der Waals surface area contributed by atoms with Gasteiger partial charge < -0.3 is 24.8 Å². The summed E-state index contributed by atoms with van der Waals surface area (Å²) in [6.45, 7) is 6.70. The molecule has 0 saturated carbocycles. The molecule has 2 aromatic carbocycles. The molecule has 4 rings (SSSR count). The van der Waals surface area contributed by atoms with E-state index in [1.54, 1.807) is 0 Å². The molecule has 2 aromatic rings. The molecule has 0 radical (unpaired) electrons. The molecular weight excluding hydrogens is 402 g/mol. The normalized spacial score (nSPS) is 23.3. The summed E-state index contributed by atoms with van der Waals surface area (Å²) in [5.41, 5.74) is 3.57. The smallest absolute Gasteiger partial charge is 0.191 e. The van der Waals surface area contributed by atoms with E-state index < -0.39 is 0 Å². The number of nitrogens with one attached hydrogen (secondary N) is 2. The first kappa shape index (κ1) is 22.6. The monoisotopic (exact) mass is 437 g/mol. The molecule has 172 valence electrons. The van der Waals surface area contributed by atoms with Gasteiger partial charge in [-0.3, -0.25) is 4.99 Å². The Labute approximate surface area is 191 Å². The highest BCUT2D eigenvalue weighted by Gasteiger charge is 2.29. The Bertz CT molecular complexity index is 881. The third-order valence-electron chi connectivity index (χ3n) is 6.27. The van der Waals surface area contributed by atoms with Crippen molar-refractivity contribution in [1.82, 2.24) is 10.6 Å². The van der Waals surface area contributed by atoms with Gasteiger partial charge in [0.2, 0.25) is 0 Å². The van der Waals surface area contributed by atoms with E-state index >= 15 is 0 Å². The average Bonchev–Trinajstić information content (AvgIpc) is 3.51. The van der Waals surface area contributed by atoms with Crippen LogP contribution in [0.5, 0.6) is 5.75 Å². The summed E-state index contributed by atoms with van der Waals surface area (Å²) in [5.74, 6) is 2.63. The van der Waals surface area contributed by atoms with Gasteiger partial charge in [-0.15, -0.1) is 0 Å². The zero-order chi connectivity index (χ0) is 22.2. The SMILES string of the molecule is CN=C(NCc1ccc(C)cc1OCC1CCOC1)NCC1CCOC1c1ccccc1. The molecule has 2 N–H and O–H groups in total. The summed E-state index contributed by atoms with van der Waals surface area (Å²) in [6, 6.07) is 16.8. The van der Waals surface area contributed by atoms with Crippen molar-refractivity contribution in [2.75, 3.05) is 40.0 Å². The Hall–Kier alpha value is -2.57. The van der Waals surface area contributed by atoms with Crippen molar-refractivity contribution in [3.8, 4) is 5.75 Å². The van der Waals surface area contributed by atoms with E-state index in [9.17, 15) is 0 Å². The van der Waals surface area contributed by atoms with Crippen LogP contribution in [-0.2, 0) is 16.0 Å². The number of aliphatic imine (C=N–C) groups is 1. The molecule has 2 aliphatic heterocycles. The average molecular weight is 438 g/mol. The van der Waals surface area contributed by atoms with Gasteiger partial charge >= 0.3 is 0 Å². The van der Waals surface area contributed by atoms with E-state index in [1.165, 1.54) is 11.1 Å². The molecule has 2 aliphatic rings. The van der Waals surface area contributed by atoms with E-state index in [0.29, 0.717) is 25.0 Å². The maximum absolute atomic E-state index is 6.18. The van der Waals surface area contributed by atoms with Crippen molar-refractivity contribution in [2.24, 2.45) is 16.8 Å². The fraction of sp³-hybridized carbons (Fsp3) is 0.500. The summed E-state index contributed by atoms with van der Waals surface area (Å²) in [5, 5.41) is 6.94. The molecule has 2 heterocycles. The van der Waals surface area contributed by atoms with Crippen LogP contribution >= 0.6 is 0 Å². The number of rotatable bonds is 8. The second-order valence-corrected chi connectivity index (χ2v) is 8.71. The minimum atomic E-state index is 0.137. The molecule has 3 atom stereocenters. The van der Waals surface area contributed by atoms with Crippen LogP contribution in [0.2, 0.25) is 0 Å². The van der Waals surface area contributed by atoms with Crippen molar-refractivity contribution >= 4 is 5.96 Å². The third kappa shape index (κ3) is 6.02. The first-order valence-corrected chi connectivity index (χ1v) is 11.6. The quantitative estimate of drug-likeness (QED) is 0.485. The zero-order valence-electron chi connectivity index (χ0n) is 19.2. The molecule has 2 fully saturated rings. The van der Waals surface area contributed by atoms with Gasteiger partial charge in [0, 0.05) is 50.8 Å². The number of ether oxygens (including phenoxy) is 3. The predicted molar refractivity (Wildman–Crippen MR) is 127 cm³/mol. The maximum Gasteiger partial charge on any atom is 0.191 e. The molecule has 32 heavy (non-hydrogen) atoms. The molecule has 0 aliphatic carbocycles. The van der Waals surface area contributed by atoms with Crippen molar-refractivity contribution in [1.29, 1.82) is 0 Å². The van der Waals surface area contributed by atoms with Crippen molar-refractivity contribution in [3.05, 3.63) is 65.2 Å². The molecule has 3 unspecified atom stereocenters. The van der Waals surface area contributed by atoms with Gasteiger partial charge in [-0.05, 0) is 37.0 Å². The van der Waals surface area contributed by atoms with Crippen molar-refractivity contribution in [2.45, 2.75) is 32.4 Å². The summed E-state index contributed by atoms with van der Waals surface area (Å²) < 4.78 is 17.7. The number of aryl methyl sites for hydroxylation is 1. The molecule has 0 aromatic heterocycles. The van der Waals surface area contributed by atoms with Crippen molar-refractivity contribution < 1.29 is 14.2 Å². The molecule has 0 bridgehead atoms. The minimum Gasteiger partial charge on any atom is -0.493 e. The highest BCUT2D eigenvalue weighted by atomic mass is 16.5. The van der Waals surface area contributed by atoms with Crippen LogP contribution in [-0.4, -0.2) is 46.0 Å². The lowest BCUT2D eigenvalue weighted by Gasteiger charge is -2.21. The van der Waals surface area contributed by atoms with Gasteiger partial charge in [-0.1, -0.05) is 42.5 Å². The number of benzene rings is 2. The molecule has 2 saturated heterocycles. The second-order valence-electron chi connectivity index (χ2n) is 8.71. The van der Waals surface area contributed by atoms with Gasteiger partial charge in [0.1, 0.15) is 5.75 Å². The standard InChI is InChI=1S/C26H35N3O3/c1-19-8-9-22(24(14-19)32-18-20-10-12-30-17-20)15-28-26(27-2)29-16-23-11-13-31-25(23)21-6-4-3-5-7-21/h3-9,14,20,23,25H,10-13,15-18H2,1-2H3,(H2,27,28,29). The lowest BCUT2D eigenvalue weighted by atomic mass is 9.95. The van der Waals surface area contributed by atoms with Gasteiger partial charge in [-0.25, -0.2) is 0 Å². The molecule has 6 heteroatoms. The van der Waals surface area contributed by atoms with Crippen LogP contribution in [0, 0.1) is 18.8 Å². The first-order valence-electron chi connectivity index (χ1n) is 11.6. The minimum absolute atomic E-state index is 0.137. The molecule has 0 spiro atoms. The number of hydrogen-bond acceptors (Lipinski definition) is 4. The first-order chi connectivity index (χ1) is 15.7. The van der Waals surface area contributed by atoms with E-state index in [-0.39, 0.29) is 6.10 Å². The van der Waals surface area contributed by atoms with Crippen LogP contribution in [0.4, 0.5) is 0 Å². The van der Waals surface area contributed by atoms with Gasteiger partial charge in [0.05, 0.1) is 19.3 Å². The van der Waals surface area contributed by atoms with Crippen molar-refractivity contribution in [3.63, 3.8) is 0 Å². The third-order valence-corrected chi connectivity index (χ3v) is 6.27. The van der Waals surface area contributed by atoms with Gasteiger partial charge in [-0.2, -0.15) is 0 Å². The van der Waals surface area contributed by atoms with Crippen LogP contribution in [0.3, 0.4) is 0 Å². The summed E-state index contributed by atoms with van der Waals surface area (Å²) in [6.07, 6.45) is 2.26. The van der Waals surface area contributed by atoms with E-state index in [0.717, 1.165) is 56.5 Å². The van der Waals surface area contributed by atoms with Crippen LogP contribution < -0.4 is 15.4 Å². The van der Waals surface area contributed by atoms with E-state index in [2.05, 4.69) is 65.0 Å². The fourth-order valence-corrected chi connectivity index (χ4v) is 4.35. The predicted octanol–water partition coefficient (Wildman–Crippen LogP) is 3.85. The second kappa shape index (κ2) is 11.3. The van der Waals surface area contributed by atoms with E-state index in [1.807, 2.05) is 13.1 Å². The van der Waals surface area contributed by atoms with E-state index in [4.69, 9.17) is 14.2 Å². The molecular formula is C26H35N3O3. The van der Waals surface area contributed by atoms with Gasteiger partial charge in [0.25, 0.3) is 0 Å². The Morgan fingerprint density at radius 2 is 1.97 bits per heavy atom. The summed E-state index contributed by atoms with van der Waals surface area (Å²) in [4.78, 5) is 4.41. The Balaban J connectivity index is 1.30. The Morgan fingerprint density at radius 3 is 2.75 bits per heavy atom. The number of hydrogen-bond donors (Lipinski definition) is 2. The topological polar surface area (TPSA) is 64.1 Å². The number of guanidine groups is 1. The number of nitrogens with zero attached hydrogens (tertiary/aromatic N) is 1. The highest BCUT2D eigenvalue weighted by molar-refractivity contribution is 5.79. The lowest BCUT2D eigenvalue weighted by molar-refractivity contribution is 0.0915. The molecule has 0 amide bonds. The zero-order valence-corrected chi connectivity index (χ0v) is 19.2. The Morgan fingerprint density at radius 1 is 1.09 bits per heavy atom. The molecule has 6 nitrogen and oxygen atoms in total. The summed E-state index contributed by atoms with van der Waals surface area (Å²) in [7, 11) is 1.81. The lowest BCUT2D eigenvalue weighted by Crippen LogP contribution is -2.40. The summed E-state index contributed by atoms with van der Waals surface area (Å²) >= 11 is 0. The largest absolute Gasteiger partial charge is 0.493 e. The fourth-order valence-electron chi connectivity index (χ4n) is 4.35. The van der Waals surface area contributed by atoms with Crippen LogP contribution in [0.15, 0.2) is 53.5 Å².